The molecule has 0 aliphatic rings. The van der Waals surface area contributed by atoms with Gasteiger partial charge in [0.1, 0.15) is 0 Å². The average Bonchev–Trinajstić information content (AvgIpc) is 2.81. The summed E-state index contributed by atoms with van der Waals surface area (Å²) >= 11 is 0. The van der Waals surface area contributed by atoms with Crippen LogP contribution in [0, 0.1) is 0 Å². The van der Waals surface area contributed by atoms with Crippen LogP contribution in [-0.2, 0) is 5.41 Å². The molecule has 3 heteroatoms. The summed E-state index contributed by atoms with van der Waals surface area (Å²) in [5, 5.41) is 21.2. The van der Waals surface area contributed by atoms with Crippen LogP contribution in [0.2, 0.25) is 0 Å². The van der Waals surface area contributed by atoms with Gasteiger partial charge in [-0.3, -0.25) is 4.90 Å². The van der Waals surface area contributed by atoms with Crippen LogP contribution in [-0.4, -0.2) is 47.0 Å². The van der Waals surface area contributed by atoms with Crippen LogP contribution in [0.4, 0.5) is 0 Å². The Balaban J connectivity index is 2.01. The molecule has 1 atom stereocenters. The zero-order chi connectivity index (χ0) is 22.1. The fraction of sp³-hybridized carbons (Fsp3) is 0.357. The van der Waals surface area contributed by atoms with Gasteiger partial charge in [-0.15, -0.1) is 0 Å². The Bertz CT molecular complexity index is 784. The van der Waals surface area contributed by atoms with Crippen LogP contribution in [0.1, 0.15) is 43.4 Å². The average molecular weight is 418 g/mol. The van der Waals surface area contributed by atoms with Gasteiger partial charge in [-0.2, -0.15) is 0 Å². The third kappa shape index (κ3) is 5.24. The van der Waals surface area contributed by atoms with Crippen LogP contribution < -0.4 is 0 Å². The largest absolute Gasteiger partial charge is 0.395 e. The maximum Gasteiger partial charge on any atom is 0.0718 e. The van der Waals surface area contributed by atoms with E-state index < -0.39 is 11.5 Å². The van der Waals surface area contributed by atoms with E-state index in [0.29, 0.717) is 19.0 Å². The van der Waals surface area contributed by atoms with Crippen molar-refractivity contribution < 1.29 is 10.2 Å². The molecule has 0 aliphatic carbocycles. The molecule has 2 N–H and O–H groups in total. The second-order valence-corrected chi connectivity index (χ2v) is 8.42. The van der Waals surface area contributed by atoms with Crippen molar-refractivity contribution >= 4 is 0 Å². The molecule has 0 saturated carbocycles. The zero-order valence-electron chi connectivity index (χ0n) is 18.7. The molecular formula is C28H35NO2. The van der Waals surface area contributed by atoms with E-state index in [1.807, 2.05) is 54.6 Å². The van der Waals surface area contributed by atoms with Crippen LogP contribution in [0.15, 0.2) is 91.0 Å². The normalized spacial score (nSPS) is 13.0. The minimum Gasteiger partial charge on any atom is -0.395 e. The molecule has 0 saturated heterocycles. The van der Waals surface area contributed by atoms with Crippen molar-refractivity contribution in [2.75, 3.05) is 19.7 Å². The van der Waals surface area contributed by atoms with Crippen LogP contribution in [0.5, 0.6) is 0 Å². The Morgan fingerprint density at radius 1 is 0.710 bits per heavy atom. The second kappa shape index (κ2) is 11.2. The van der Waals surface area contributed by atoms with E-state index in [2.05, 4.69) is 55.1 Å². The fourth-order valence-electron chi connectivity index (χ4n) is 4.64. The number of nitrogens with zero attached hydrogens (tertiary/aromatic N) is 1. The molecule has 3 rings (SSSR count). The number of aliphatic hydroxyl groups excluding tert-OH is 2. The van der Waals surface area contributed by atoms with Crippen LogP contribution in [0.25, 0.3) is 0 Å². The van der Waals surface area contributed by atoms with E-state index in [9.17, 15) is 10.2 Å². The Hall–Kier alpha value is -2.46. The first kappa shape index (κ1) is 23.2. The summed E-state index contributed by atoms with van der Waals surface area (Å²) in [5.41, 5.74) is 2.63. The molecule has 0 heterocycles. The number of hydrogen-bond acceptors (Lipinski definition) is 3. The summed E-state index contributed by atoms with van der Waals surface area (Å²) in [6.45, 7) is 5.96. The molecule has 3 aromatic carbocycles. The molecule has 0 aromatic heterocycles. The molecule has 31 heavy (non-hydrogen) atoms. The van der Waals surface area contributed by atoms with Gasteiger partial charge >= 0.3 is 0 Å². The smallest absolute Gasteiger partial charge is 0.0718 e. The lowest BCUT2D eigenvalue weighted by molar-refractivity contribution is 0.0991. The predicted molar refractivity (Wildman–Crippen MR) is 128 cm³/mol. The summed E-state index contributed by atoms with van der Waals surface area (Å²) < 4.78 is 0. The molecule has 164 valence electrons. The van der Waals surface area contributed by atoms with Gasteiger partial charge in [0.15, 0.2) is 0 Å². The third-order valence-electron chi connectivity index (χ3n) is 6.23. The summed E-state index contributed by atoms with van der Waals surface area (Å²) in [4.78, 5) is 2.27. The highest BCUT2D eigenvalue weighted by atomic mass is 16.3. The Morgan fingerprint density at radius 3 is 1.48 bits per heavy atom. The second-order valence-electron chi connectivity index (χ2n) is 8.42. The zero-order valence-corrected chi connectivity index (χ0v) is 18.7. The van der Waals surface area contributed by atoms with Gasteiger partial charge in [0, 0.05) is 12.6 Å². The van der Waals surface area contributed by atoms with Gasteiger partial charge in [-0.05, 0) is 49.9 Å². The Kier molecular flexibility index (Phi) is 8.42. The van der Waals surface area contributed by atoms with Crippen molar-refractivity contribution in [2.45, 2.75) is 44.2 Å². The molecule has 1 unspecified atom stereocenters. The summed E-state index contributed by atoms with van der Waals surface area (Å²) in [6, 6.07) is 31.4. The Labute approximate surface area is 187 Å². The lowest BCUT2D eigenvalue weighted by Crippen LogP contribution is -2.43. The number of aliphatic hydroxyl groups is 2. The minimum absolute atomic E-state index is 0.155. The number of rotatable bonds is 11. The number of hydrogen-bond donors (Lipinski definition) is 2. The van der Waals surface area contributed by atoms with Gasteiger partial charge < -0.3 is 10.2 Å². The monoisotopic (exact) mass is 417 g/mol. The van der Waals surface area contributed by atoms with Gasteiger partial charge in [0.2, 0.25) is 0 Å². The number of benzene rings is 3. The van der Waals surface area contributed by atoms with Gasteiger partial charge in [-0.1, -0.05) is 91.0 Å². The summed E-state index contributed by atoms with van der Waals surface area (Å²) in [6.07, 6.45) is 0.920. The highest BCUT2D eigenvalue weighted by molar-refractivity contribution is 5.51. The van der Waals surface area contributed by atoms with Crippen molar-refractivity contribution in [1.82, 2.24) is 4.90 Å². The first-order chi connectivity index (χ1) is 15.1. The van der Waals surface area contributed by atoms with E-state index in [1.54, 1.807) is 0 Å². The molecule has 0 fully saturated rings. The van der Waals surface area contributed by atoms with Crippen molar-refractivity contribution in [3.63, 3.8) is 0 Å². The first-order valence-electron chi connectivity index (χ1n) is 11.3. The molecular weight excluding hydrogens is 382 g/mol. The van der Waals surface area contributed by atoms with E-state index in [-0.39, 0.29) is 6.61 Å². The van der Waals surface area contributed by atoms with E-state index >= 15 is 0 Å². The predicted octanol–water partition coefficient (Wildman–Crippen LogP) is 4.86. The highest BCUT2D eigenvalue weighted by Crippen LogP contribution is 2.43. The van der Waals surface area contributed by atoms with Gasteiger partial charge in [0.25, 0.3) is 0 Å². The third-order valence-corrected chi connectivity index (χ3v) is 6.23. The molecule has 0 spiro atoms. The lowest BCUT2D eigenvalue weighted by atomic mass is 9.65. The molecule has 0 bridgehead atoms. The van der Waals surface area contributed by atoms with Crippen molar-refractivity contribution in [3.05, 3.63) is 108 Å². The molecule has 3 aromatic rings. The van der Waals surface area contributed by atoms with Crippen LogP contribution >= 0.6 is 0 Å². The summed E-state index contributed by atoms with van der Waals surface area (Å²) in [5.74, 6) is 0. The molecule has 0 radical (unpaired) electrons. The van der Waals surface area contributed by atoms with Crippen molar-refractivity contribution in [3.8, 4) is 0 Å². The van der Waals surface area contributed by atoms with E-state index in [1.165, 1.54) is 0 Å². The topological polar surface area (TPSA) is 43.7 Å². The quantitative estimate of drug-likeness (QED) is 0.438. The molecule has 3 nitrogen and oxygen atoms in total. The SMILES string of the molecule is CC(C)N(CCO)CCCC(O)C(c1ccccc1)(c1ccccc1)c1ccccc1. The van der Waals surface area contributed by atoms with Crippen molar-refractivity contribution in [1.29, 1.82) is 0 Å². The van der Waals surface area contributed by atoms with Gasteiger partial charge in [0.05, 0.1) is 18.1 Å². The maximum absolute atomic E-state index is 11.8. The standard InChI is InChI=1S/C28H35NO2/c1-23(2)29(21-22-30)20-12-19-27(31)28(24-13-6-3-7-14-24,25-15-8-4-9-16-25)26-17-10-5-11-18-26/h3-11,13-18,23,27,30-31H,12,19-22H2,1-2H3. The lowest BCUT2D eigenvalue weighted by Gasteiger charge is -2.40. The van der Waals surface area contributed by atoms with Crippen molar-refractivity contribution in [2.24, 2.45) is 0 Å². The molecule has 0 aliphatic heterocycles. The minimum atomic E-state index is -0.649. The van der Waals surface area contributed by atoms with E-state index in [0.717, 1.165) is 29.7 Å². The maximum atomic E-state index is 11.8. The Morgan fingerprint density at radius 2 is 1.13 bits per heavy atom. The van der Waals surface area contributed by atoms with Gasteiger partial charge in [-0.25, -0.2) is 0 Å². The van der Waals surface area contributed by atoms with E-state index in [4.69, 9.17) is 0 Å². The van der Waals surface area contributed by atoms with Crippen LogP contribution in [0.3, 0.4) is 0 Å². The highest BCUT2D eigenvalue weighted by Gasteiger charge is 2.42. The summed E-state index contributed by atoms with van der Waals surface area (Å²) in [7, 11) is 0. The molecule has 0 amide bonds. The fourth-order valence-corrected chi connectivity index (χ4v) is 4.64. The first-order valence-corrected chi connectivity index (χ1v) is 11.3.